The standard InChI is InChI=1S/C23H34O2/c1-16(14-21(24)25)8-7-9-17(2)18-10-11-19-20(15-18)23(5,6)13-12-22(19,3)4/h9-11,15-16H,7-8,12-14H2,1-6H3,(H,24,25)/b17-9+. The highest BCUT2D eigenvalue weighted by Gasteiger charge is 2.36. The molecule has 1 aromatic rings. The molecule has 1 unspecified atom stereocenters. The summed E-state index contributed by atoms with van der Waals surface area (Å²) in [6, 6.07) is 6.98. The van der Waals surface area contributed by atoms with Gasteiger partial charge in [0.2, 0.25) is 0 Å². The van der Waals surface area contributed by atoms with Crippen LogP contribution < -0.4 is 0 Å². The van der Waals surface area contributed by atoms with Crippen molar-refractivity contribution in [1.29, 1.82) is 0 Å². The number of carboxylic acids is 1. The summed E-state index contributed by atoms with van der Waals surface area (Å²) in [5.41, 5.74) is 6.08. The van der Waals surface area contributed by atoms with E-state index in [1.165, 1.54) is 35.1 Å². The molecule has 2 heteroatoms. The van der Waals surface area contributed by atoms with Crippen LogP contribution in [-0.4, -0.2) is 11.1 Å². The van der Waals surface area contributed by atoms with Crippen molar-refractivity contribution in [2.24, 2.45) is 5.92 Å². The number of fused-ring (bicyclic) bond motifs is 1. The molecule has 0 aliphatic heterocycles. The van der Waals surface area contributed by atoms with Gasteiger partial charge in [0.05, 0.1) is 0 Å². The van der Waals surface area contributed by atoms with Crippen molar-refractivity contribution < 1.29 is 9.90 Å². The number of hydrogen-bond donors (Lipinski definition) is 1. The van der Waals surface area contributed by atoms with E-state index in [2.05, 4.69) is 58.9 Å². The molecule has 1 atom stereocenters. The summed E-state index contributed by atoms with van der Waals surface area (Å²) in [5, 5.41) is 8.86. The number of aliphatic carboxylic acids is 1. The van der Waals surface area contributed by atoms with Gasteiger partial charge < -0.3 is 5.11 Å². The molecule has 0 radical (unpaired) electrons. The van der Waals surface area contributed by atoms with E-state index in [4.69, 9.17) is 5.11 Å². The first-order chi connectivity index (χ1) is 11.5. The average molecular weight is 343 g/mol. The molecule has 1 aliphatic rings. The summed E-state index contributed by atoms with van der Waals surface area (Å²) >= 11 is 0. The van der Waals surface area contributed by atoms with Gasteiger partial charge in [-0.2, -0.15) is 0 Å². The molecule has 0 saturated carbocycles. The third-order valence-corrected chi connectivity index (χ3v) is 5.94. The van der Waals surface area contributed by atoms with Gasteiger partial charge in [0.1, 0.15) is 0 Å². The van der Waals surface area contributed by atoms with Crippen LogP contribution in [0.1, 0.15) is 90.3 Å². The molecular weight excluding hydrogens is 308 g/mol. The molecule has 1 N–H and O–H groups in total. The Kier molecular flexibility index (Phi) is 5.81. The molecular formula is C23H34O2. The summed E-state index contributed by atoms with van der Waals surface area (Å²) in [6.45, 7) is 13.6. The van der Waals surface area contributed by atoms with Crippen molar-refractivity contribution >= 4 is 11.5 Å². The Morgan fingerprint density at radius 2 is 1.76 bits per heavy atom. The SMILES string of the molecule is C/C(=C\CCC(C)CC(=O)O)c1ccc2c(c1)C(C)(C)CCC2(C)C. The lowest BCUT2D eigenvalue weighted by atomic mass is 9.63. The molecule has 1 aromatic carbocycles. The topological polar surface area (TPSA) is 37.3 Å². The highest BCUT2D eigenvalue weighted by atomic mass is 16.4. The van der Waals surface area contributed by atoms with Gasteiger partial charge in [-0.15, -0.1) is 0 Å². The molecule has 2 rings (SSSR count). The van der Waals surface area contributed by atoms with Crippen molar-refractivity contribution in [3.8, 4) is 0 Å². The van der Waals surface area contributed by atoms with Crippen LogP contribution in [0.2, 0.25) is 0 Å². The van der Waals surface area contributed by atoms with Crippen molar-refractivity contribution in [2.45, 2.75) is 84.5 Å². The quantitative estimate of drug-likeness (QED) is 0.656. The molecule has 2 nitrogen and oxygen atoms in total. The van der Waals surface area contributed by atoms with Gasteiger partial charge in [-0.3, -0.25) is 4.79 Å². The van der Waals surface area contributed by atoms with Crippen LogP contribution in [0.15, 0.2) is 24.3 Å². The van der Waals surface area contributed by atoms with Crippen molar-refractivity contribution in [2.75, 3.05) is 0 Å². The Morgan fingerprint density at radius 3 is 2.36 bits per heavy atom. The van der Waals surface area contributed by atoms with Crippen LogP contribution in [0.5, 0.6) is 0 Å². The first-order valence-corrected chi connectivity index (χ1v) is 9.57. The molecule has 0 heterocycles. The molecule has 0 aromatic heterocycles. The lowest BCUT2D eigenvalue weighted by Crippen LogP contribution is -2.33. The second-order valence-electron chi connectivity index (χ2n) is 9.20. The van der Waals surface area contributed by atoms with Gasteiger partial charge in [0.15, 0.2) is 0 Å². The fourth-order valence-electron chi connectivity index (χ4n) is 3.94. The second kappa shape index (κ2) is 7.35. The Labute approximate surface area is 153 Å². The maximum Gasteiger partial charge on any atom is 0.303 e. The van der Waals surface area contributed by atoms with Gasteiger partial charge >= 0.3 is 5.97 Å². The minimum atomic E-state index is -0.701. The Balaban J connectivity index is 2.18. The summed E-state index contributed by atoms with van der Waals surface area (Å²) in [7, 11) is 0. The van der Waals surface area contributed by atoms with Crippen LogP contribution in [0.25, 0.3) is 5.57 Å². The van der Waals surface area contributed by atoms with E-state index in [1.807, 2.05) is 6.92 Å². The minimum Gasteiger partial charge on any atom is -0.481 e. The molecule has 0 amide bonds. The van der Waals surface area contributed by atoms with Crippen molar-refractivity contribution in [1.82, 2.24) is 0 Å². The predicted molar refractivity (Wildman–Crippen MR) is 106 cm³/mol. The second-order valence-corrected chi connectivity index (χ2v) is 9.20. The molecule has 0 saturated heterocycles. The fourth-order valence-corrected chi connectivity index (χ4v) is 3.94. The van der Waals surface area contributed by atoms with E-state index in [1.54, 1.807) is 0 Å². The lowest BCUT2D eigenvalue weighted by molar-refractivity contribution is -0.138. The number of allylic oxidation sites excluding steroid dienone is 2. The van der Waals surface area contributed by atoms with E-state index in [-0.39, 0.29) is 23.2 Å². The van der Waals surface area contributed by atoms with Gasteiger partial charge in [-0.05, 0) is 71.6 Å². The van der Waals surface area contributed by atoms with Gasteiger partial charge in [-0.25, -0.2) is 0 Å². The van der Waals surface area contributed by atoms with Crippen LogP contribution in [-0.2, 0) is 15.6 Å². The lowest BCUT2D eigenvalue weighted by Gasteiger charge is -2.42. The monoisotopic (exact) mass is 342 g/mol. The first-order valence-electron chi connectivity index (χ1n) is 9.57. The third kappa shape index (κ3) is 4.74. The molecule has 25 heavy (non-hydrogen) atoms. The van der Waals surface area contributed by atoms with Crippen LogP contribution in [0, 0.1) is 5.92 Å². The molecule has 0 bridgehead atoms. The first kappa shape index (κ1) is 19.8. The molecule has 0 fully saturated rings. The largest absolute Gasteiger partial charge is 0.481 e. The Bertz CT molecular complexity index is 665. The van der Waals surface area contributed by atoms with Gasteiger partial charge in [0, 0.05) is 6.42 Å². The molecule has 0 spiro atoms. The van der Waals surface area contributed by atoms with E-state index >= 15 is 0 Å². The van der Waals surface area contributed by atoms with Crippen molar-refractivity contribution in [3.63, 3.8) is 0 Å². The normalized spacial score (nSPS) is 20.0. The molecule has 138 valence electrons. The van der Waals surface area contributed by atoms with E-state index < -0.39 is 5.97 Å². The number of rotatable bonds is 6. The fraction of sp³-hybridized carbons (Fsp3) is 0.609. The van der Waals surface area contributed by atoms with Gasteiger partial charge in [-0.1, -0.05) is 58.9 Å². The zero-order valence-electron chi connectivity index (χ0n) is 16.8. The maximum atomic E-state index is 10.8. The number of hydrogen-bond acceptors (Lipinski definition) is 1. The van der Waals surface area contributed by atoms with Crippen LogP contribution >= 0.6 is 0 Å². The predicted octanol–water partition coefficient (Wildman–Crippen LogP) is 6.33. The maximum absolute atomic E-state index is 10.8. The smallest absolute Gasteiger partial charge is 0.303 e. The van der Waals surface area contributed by atoms with Crippen molar-refractivity contribution in [3.05, 3.63) is 41.0 Å². The van der Waals surface area contributed by atoms with E-state index in [0.717, 1.165) is 12.8 Å². The zero-order chi connectivity index (χ0) is 18.8. The van der Waals surface area contributed by atoms with Crippen LogP contribution in [0.4, 0.5) is 0 Å². The molecule has 1 aliphatic carbocycles. The third-order valence-electron chi connectivity index (χ3n) is 5.94. The number of carboxylic acid groups (broad SMARTS) is 1. The number of benzene rings is 1. The summed E-state index contributed by atoms with van der Waals surface area (Å²) in [6.07, 6.45) is 6.85. The number of carbonyl (C=O) groups is 1. The highest BCUT2D eigenvalue weighted by Crippen LogP contribution is 2.46. The summed E-state index contributed by atoms with van der Waals surface area (Å²) < 4.78 is 0. The highest BCUT2D eigenvalue weighted by molar-refractivity contribution is 5.67. The van der Waals surface area contributed by atoms with E-state index in [0.29, 0.717) is 0 Å². The minimum absolute atomic E-state index is 0.227. The average Bonchev–Trinajstić information content (AvgIpc) is 2.51. The zero-order valence-corrected chi connectivity index (χ0v) is 16.8. The summed E-state index contributed by atoms with van der Waals surface area (Å²) in [5.74, 6) is -0.474. The van der Waals surface area contributed by atoms with Crippen LogP contribution in [0.3, 0.4) is 0 Å². The summed E-state index contributed by atoms with van der Waals surface area (Å²) in [4.78, 5) is 10.8. The Hall–Kier alpha value is -1.57. The van der Waals surface area contributed by atoms with E-state index in [9.17, 15) is 4.79 Å². The Morgan fingerprint density at radius 1 is 1.16 bits per heavy atom. The van der Waals surface area contributed by atoms with Gasteiger partial charge in [0.25, 0.3) is 0 Å².